The Balaban J connectivity index is 2.81. The summed E-state index contributed by atoms with van der Waals surface area (Å²) < 4.78 is 10.2. The van der Waals surface area contributed by atoms with Crippen LogP contribution < -0.4 is 11.1 Å². The smallest absolute Gasteiger partial charge is 0.408 e. The summed E-state index contributed by atoms with van der Waals surface area (Å²) in [5.41, 5.74) is 6.49. The molecule has 7 nitrogen and oxygen atoms in total. The van der Waals surface area contributed by atoms with E-state index in [0.717, 1.165) is 6.04 Å². The Bertz CT molecular complexity index is 611. The number of nitrogens with two attached hydrogens (primary N) is 1. The van der Waals surface area contributed by atoms with Gasteiger partial charge >= 0.3 is 12.1 Å². The van der Waals surface area contributed by atoms with Crippen molar-refractivity contribution in [3.63, 3.8) is 0 Å². The van der Waals surface area contributed by atoms with E-state index in [4.69, 9.17) is 20.6 Å². The fraction of sp³-hybridized carbons (Fsp3) is 0.471. The molecule has 1 aromatic rings. The van der Waals surface area contributed by atoms with Gasteiger partial charge in [0.1, 0.15) is 5.84 Å². The maximum absolute atomic E-state index is 12.2. The van der Waals surface area contributed by atoms with Gasteiger partial charge in [0.2, 0.25) is 0 Å². The summed E-state index contributed by atoms with van der Waals surface area (Å²) in [5, 5.41) is 9.95. The molecule has 1 atom stereocenters. The minimum absolute atomic E-state index is 0.0713. The first-order valence-corrected chi connectivity index (χ1v) is 11.9. The summed E-state index contributed by atoms with van der Waals surface area (Å²) in [6.07, 6.45) is -0.660. The van der Waals surface area contributed by atoms with Gasteiger partial charge in [0.25, 0.3) is 0 Å². The number of hydrogen-bond donors (Lipinski definition) is 3. The molecular formula is C17H27N3O4Si. The van der Waals surface area contributed by atoms with Crippen LogP contribution in [-0.2, 0) is 14.3 Å². The van der Waals surface area contributed by atoms with E-state index < -0.39 is 26.2 Å². The largest absolute Gasteiger partial charge is 0.464 e. The van der Waals surface area contributed by atoms with Gasteiger partial charge in [0, 0.05) is 13.6 Å². The monoisotopic (exact) mass is 365 g/mol. The van der Waals surface area contributed by atoms with Crippen molar-refractivity contribution in [3.8, 4) is 0 Å². The summed E-state index contributed by atoms with van der Waals surface area (Å²) in [6, 6.07) is 6.35. The van der Waals surface area contributed by atoms with Gasteiger partial charge in [-0.15, -0.1) is 0 Å². The summed E-state index contributed by atoms with van der Waals surface area (Å²) in [7, 11) is -1.31. The highest BCUT2D eigenvalue weighted by molar-refractivity contribution is 6.76. The molecule has 4 N–H and O–H groups in total. The first-order chi connectivity index (χ1) is 11.6. The lowest BCUT2D eigenvalue weighted by molar-refractivity contribution is -0.145. The van der Waals surface area contributed by atoms with Gasteiger partial charge in [0.05, 0.1) is 13.2 Å². The molecule has 0 aliphatic heterocycles. The summed E-state index contributed by atoms with van der Waals surface area (Å²) in [5.74, 6) is -0.641. The van der Waals surface area contributed by atoms with Crippen LogP contribution >= 0.6 is 0 Å². The predicted octanol–water partition coefficient (Wildman–Crippen LogP) is 2.64. The molecule has 0 aliphatic carbocycles. The highest BCUT2D eigenvalue weighted by Crippen LogP contribution is 2.16. The molecule has 0 aromatic heterocycles. The van der Waals surface area contributed by atoms with Crippen molar-refractivity contribution in [1.82, 2.24) is 5.32 Å². The van der Waals surface area contributed by atoms with Gasteiger partial charge in [-0.1, -0.05) is 43.9 Å². The highest BCUT2D eigenvalue weighted by Gasteiger charge is 2.25. The normalized spacial score (nSPS) is 12.2. The molecule has 0 fully saturated rings. The Labute approximate surface area is 149 Å². The summed E-state index contributed by atoms with van der Waals surface area (Å²) in [4.78, 5) is 24.2. The molecule has 138 valence electrons. The number of esters is 1. The van der Waals surface area contributed by atoms with Crippen LogP contribution in [0, 0.1) is 5.41 Å². The van der Waals surface area contributed by atoms with E-state index in [1.807, 2.05) is 0 Å². The average Bonchev–Trinajstić information content (AvgIpc) is 2.51. The standard InChI is InChI=1S/C17H27N3O4Si/c1-5-23-16(21)14(12-6-8-13(9-7-12)15(18)19)20-17(22)24-10-11-25(2,3)4/h6-9,14H,5,10-11H2,1-4H3,(H3,18,19)(H,20,22). The molecule has 8 heteroatoms. The van der Waals surface area contributed by atoms with Crippen molar-refractivity contribution in [3.05, 3.63) is 35.4 Å². The number of ether oxygens (including phenoxy) is 2. The number of benzene rings is 1. The molecule has 0 saturated carbocycles. The summed E-state index contributed by atoms with van der Waals surface area (Å²) in [6.45, 7) is 8.78. The second-order valence-electron chi connectivity index (χ2n) is 6.81. The Morgan fingerprint density at radius 3 is 2.28 bits per heavy atom. The predicted molar refractivity (Wildman–Crippen MR) is 99.5 cm³/mol. The molecule has 0 saturated heterocycles. The van der Waals surface area contributed by atoms with Crippen molar-refractivity contribution >= 4 is 26.0 Å². The zero-order valence-electron chi connectivity index (χ0n) is 15.2. The second kappa shape index (κ2) is 9.21. The first kappa shape index (κ1) is 20.7. The van der Waals surface area contributed by atoms with Gasteiger partial charge < -0.3 is 20.5 Å². The van der Waals surface area contributed by atoms with Crippen LogP contribution in [0.25, 0.3) is 0 Å². The summed E-state index contributed by atoms with van der Waals surface area (Å²) >= 11 is 0. The quantitative estimate of drug-likeness (QED) is 0.283. The van der Waals surface area contributed by atoms with Crippen molar-refractivity contribution < 1.29 is 19.1 Å². The molecule has 1 amide bonds. The molecule has 1 rings (SSSR count). The van der Waals surface area contributed by atoms with Gasteiger partial charge in [0.15, 0.2) is 6.04 Å². The molecule has 25 heavy (non-hydrogen) atoms. The highest BCUT2D eigenvalue weighted by atomic mass is 28.3. The lowest BCUT2D eigenvalue weighted by Gasteiger charge is -2.19. The molecule has 1 aromatic carbocycles. The first-order valence-electron chi connectivity index (χ1n) is 8.18. The Kier molecular flexibility index (Phi) is 7.63. The zero-order chi connectivity index (χ0) is 19.0. The number of carbonyl (C=O) groups excluding carboxylic acids is 2. The maximum atomic E-state index is 12.2. The third-order valence-electron chi connectivity index (χ3n) is 3.42. The topological polar surface area (TPSA) is 114 Å². The number of nitrogens with one attached hydrogen (secondary N) is 2. The number of alkyl carbamates (subject to hydrolysis) is 1. The minimum atomic E-state index is -1.31. The number of nitrogen functional groups attached to an aromatic ring is 1. The van der Waals surface area contributed by atoms with Crippen LogP contribution in [0.4, 0.5) is 4.79 Å². The Hall–Kier alpha value is -2.35. The fourth-order valence-corrected chi connectivity index (χ4v) is 2.68. The van der Waals surface area contributed by atoms with E-state index in [9.17, 15) is 9.59 Å². The Morgan fingerprint density at radius 2 is 1.80 bits per heavy atom. The van der Waals surface area contributed by atoms with Crippen LogP contribution in [0.5, 0.6) is 0 Å². The van der Waals surface area contributed by atoms with Gasteiger partial charge in [-0.2, -0.15) is 0 Å². The van der Waals surface area contributed by atoms with Crippen LogP contribution in [0.2, 0.25) is 25.7 Å². The van der Waals surface area contributed by atoms with E-state index >= 15 is 0 Å². The molecular weight excluding hydrogens is 338 g/mol. The number of rotatable bonds is 8. The molecule has 0 aliphatic rings. The van der Waals surface area contributed by atoms with Crippen LogP contribution in [0.1, 0.15) is 24.1 Å². The van der Waals surface area contributed by atoms with Crippen molar-refractivity contribution in [1.29, 1.82) is 5.41 Å². The van der Waals surface area contributed by atoms with E-state index in [2.05, 4.69) is 25.0 Å². The van der Waals surface area contributed by atoms with E-state index in [1.165, 1.54) is 0 Å². The van der Waals surface area contributed by atoms with Crippen molar-refractivity contribution in [2.24, 2.45) is 5.73 Å². The molecule has 0 heterocycles. The molecule has 0 spiro atoms. The van der Waals surface area contributed by atoms with E-state index in [0.29, 0.717) is 17.7 Å². The van der Waals surface area contributed by atoms with Crippen molar-refractivity contribution in [2.45, 2.75) is 38.7 Å². The van der Waals surface area contributed by atoms with Crippen LogP contribution in [-0.4, -0.2) is 39.2 Å². The lowest BCUT2D eigenvalue weighted by atomic mass is 10.0. The Morgan fingerprint density at radius 1 is 1.20 bits per heavy atom. The van der Waals surface area contributed by atoms with E-state index in [-0.39, 0.29) is 12.4 Å². The minimum Gasteiger partial charge on any atom is -0.464 e. The zero-order valence-corrected chi connectivity index (χ0v) is 16.2. The lowest BCUT2D eigenvalue weighted by Crippen LogP contribution is -2.36. The van der Waals surface area contributed by atoms with Gasteiger partial charge in [-0.05, 0) is 18.5 Å². The van der Waals surface area contributed by atoms with Crippen molar-refractivity contribution in [2.75, 3.05) is 13.2 Å². The van der Waals surface area contributed by atoms with Crippen LogP contribution in [0.3, 0.4) is 0 Å². The third-order valence-corrected chi connectivity index (χ3v) is 5.13. The number of amides is 1. The molecule has 1 unspecified atom stereocenters. The fourth-order valence-electron chi connectivity index (χ4n) is 1.97. The van der Waals surface area contributed by atoms with Gasteiger partial charge in [-0.25, -0.2) is 9.59 Å². The van der Waals surface area contributed by atoms with Gasteiger partial charge in [-0.3, -0.25) is 5.41 Å². The van der Waals surface area contributed by atoms with E-state index in [1.54, 1.807) is 31.2 Å². The number of amidine groups is 1. The molecule has 0 bridgehead atoms. The van der Waals surface area contributed by atoms with Crippen LogP contribution in [0.15, 0.2) is 24.3 Å². The SMILES string of the molecule is CCOC(=O)C(NC(=O)OCC[Si](C)(C)C)c1ccc(C(=N)N)cc1. The molecule has 0 radical (unpaired) electrons. The number of carbonyl (C=O) groups is 2. The maximum Gasteiger partial charge on any atom is 0.408 e. The third kappa shape index (κ3) is 7.38. The second-order valence-corrected chi connectivity index (χ2v) is 12.4. The number of hydrogen-bond acceptors (Lipinski definition) is 5. The average molecular weight is 366 g/mol.